The highest BCUT2D eigenvalue weighted by molar-refractivity contribution is 7.12. The van der Waals surface area contributed by atoms with Gasteiger partial charge in [-0.25, -0.2) is 0 Å². The van der Waals surface area contributed by atoms with Gasteiger partial charge >= 0.3 is 0 Å². The lowest BCUT2D eigenvalue weighted by Gasteiger charge is -2.16. The van der Waals surface area contributed by atoms with Gasteiger partial charge < -0.3 is 5.32 Å². The monoisotopic (exact) mass is 277 g/mol. The summed E-state index contributed by atoms with van der Waals surface area (Å²) in [7, 11) is 2.01. The average molecular weight is 277 g/mol. The second-order valence-electron chi connectivity index (χ2n) is 4.75. The van der Waals surface area contributed by atoms with Crippen molar-refractivity contribution in [3.05, 3.63) is 39.8 Å². The summed E-state index contributed by atoms with van der Waals surface area (Å²) in [5.74, 6) is 0. The Morgan fingerprint density at radius 1 is 1.32 bits per heavy atom. The second kappa shape index (κ2) is 6.87. The maximum Gasteiger partial charge on any atom is 0.0492 e. The highest BCUT2D eigenvalue weighted by Gasteiger charge is 2.13. The zero-order valence-corrected chi connectivity index (χ0v) is 12.8. The number of hydrogen-bond donors (Lipinski definition) is 1. The van der Waals surface area contributed by atoms with Crippen molar-refractivity contribution in [3.63, 3.8) is 0 Å². The zero-order valence-electron chi connectivity index (χ0n) is 12.0. The van der Waals surface area contributed by atoms with Crippen molar-refractivity contribution < 1.29 is 0 Å². The van der Waals surface area contributed by atoms with Gasteiger partial charge in [0.2, 0.25) is 0 Å². The molecule has 0 bridgehead atoms. The van der Waals surface area contributed by atoms with Crippen molar-refractivity contribution in [2.45, 2.75) is 39.2 Å². The summed E-state index contributed by atoms with van der Waals surface area (Å²) in [5.41, 5.74) is 1.30. The lowest BCUT2D eigenvalue weighted by atomic mass is 10.1. The fourth-order valence-electron chi connectivity index (χ4n) is 2.30. The quantitative estimate of drug-likeness (QED) is 0.841. The first-order valence-corrected chi connectivity index (χ1v) is 7.85. The molecule has 1 N–H and O–H groups in total. The van der Waals surface area contributed by atoms with E-state index in [1.54, 1.807) is 0 Å². The van der Waals surface area contributed by atoms with E-state index in [0.717, 1.165) is 25.8 Å². The summed E-state index contributed by atoms with van der Waals surface area (Å²) in [6.07, 6.45) is 5.19. The Kier molecular flexibility index (Phi) is 5.16. The van der Waals surface area contributed by atoms with Gasteiger partial charge in [0.15, 0.2) is 0 Å². The van der Waals surface area contributed by atoms with E-state index in [4.69, 9.17) is 0 Å². The van der Waals surface area contributed by atoms with Crippen molar-refractivity contribution in [1.82, 2.24) is 15.1 Å². The Morgan fingerprint density at radius 2 is 2.16 bits per heavy atom. The summed E-state index contributed by atoms with van der Waals surface area (Å²) < 4.78 is 1.97. The van der Waals surface area contributed by atoms with Crippen molar-refractivity contribution in [3.8, 4) is 0 Å². The third-order valence-corrected chi connectivity index (χ3v) is 4.78. The molecule has 3 nitrogen and oxygen atoms in total. The molecule has 19 heavy (non-hydrogen) atoms. The molecule has 104 valence electrons. The van der Waals surface area contributed by atoms with Gasteiger partial charge in [0.25, 0.3) is 0 Å². The summed E-state index contributed by atoms with van der Waals surface area (Å²) in [4.78, 5) is 2.93. The molecule has 2 rings (SSSR count). The number of nitrogens with zero attached hydrogens (tertiary/aromatic N) is 2. The number of nitrogens with one attached hydrogen (secondary N) is 1. The number of thiophene rings is 1. The standard InChI is InChI=1S/C15H23N3S/c1-4-13-7-9-15(19-13)14(16-5-2)8-6-12-10-11-17-18(12)3/h7,9-11,14,16H,4-6,8H2,1-3H3. The van der Waals surface area contributed by atoms with E-state index in [1.165, 1.54) is 15.4 Å². The van der Waals surface area contributed by atoms with Crippen LogP contribution in [0.3, 0.4) is 0 Å². The smallest absolute Gasteiger partial charge is 0.0492 e. The predicted molar refractivity (Wildman–Crippen MR) is 81.6 cm³/mol. The van der Waals surface area contributed by atoms with Gasteiger partial charge in [-0.15, -0.1) is 11.3 Å². The lowest BCUT2D eigenvalue weighted by molar-refractivity contribution is 0.513. The van der Waals surface area contributed by atoms with E-state index in [2.05, 4.69) is 42.5 Å². The van der Waals surface area contributed by atoms with E-state index in [-0.39, 0.29) is 0 Å². The molecule has 1 atom stereocenters. The third-order valence-electron chi connectivity index (χ3n) is 3.44. The molecular weight excluding hydrogens is 254 g/mol. The van der Waals surface area contributed by atoms with Crippen molar-refractivity contribution in [2.75, 3.05) is 6.54 Å². The van der Waals surface area contributed by atoms with Crippen LogP contribution in [-0.4, -0.2) is 16.3 Å². The van der Waals surface area contributed by atoms with Crippen LogP contribution in [0.25, 0.3) is 0 Å². The number of aryl methyl sites for hydroxylation is 3. The van der Waals surface area contributed by atoms with Crippen LogP contribution in [0, 0.1) is 0 Å². The van der Waals surface area contributed by atoms with E-state index < -0.39 is 0 Å². The zero-order chi connectivity index (χ0) is 13.7. The van der Waals surface area contributed by atoms with Crippen LogP contribution in [0.5, 0.6) is 0 Å². The molecule has 0 aliphatic carbocycles. The average Bonchev–Trinajstić information content (AvgIpc) is 3.03. The molecule has 0 aliphatic heterocycles. The van der Waals surface area contributed by atoms with Gasteiger partial charge in [-0.05, 0) is 44.0 Å². The molecule has 0 saturated heterocycles. The highest BCUT2D eigenvalue weighted by atomic mass is 32.1. The van der Waals surface area contributed by atoms with Crippen molar-refractivity contribution in [2.24, 2.45) is 7.05 Å². The van der Waals surface area contributed by atoms with Crippen LogP contribution < -0.4 is 5.32 Å². The van der Waals surface area contributed by atoms with Crippen LogP contribution in [0.4, 0.5) is 0 Å². The summed E-state index contributed by atoms with van der Waals surface area (Å²) in [6, 6.07) is 7.11. The van der Waals surface area contributed by atoms with Crippen LogP contribution in [-0.2, 0) is 19.9 Å². The molecule has 0 fully saturated rings. The first kappa shape index (κ1) is 14.3. The van der Waals surface area contributed by atoms with Gasteiger partial charge in [0, 0.05) is 34.7 Å². The molecule has 2 aromatic rings. The number of rotatable bonds is 7. The summed E-state index contributed by atoms with van der Waals surface area (Å²) >= 11 is 1.94. The molecule has 1 unspecified atom stereocenters. The normalized spacial score (nSPS) is 12.8. The lowest BCUT2D eigenvalue weighted by Crippen LogP contribution is -2.21. The molecule has 0 saturated carbocycles. The van der Waals surface area contributed by atoms with E-state index in [9.17, 15) is 0 Å². The Morgan fingerprint density at radius 3 is 2.74 bits per heavy atom. The SMILES string of the molecule is CCNC(CCc1ccnn1C)c1ccc(CC)s1. The maximum atomic E-state index is 4.23. The molecule has 0 radical (unpaired) electrons. The fraction of sp³-hybridized carbons (Fsp3) is 0.533. The van der Waals surface area contributed by atoms with Crippen molar-refractivity contribution >= 4 is 11.3 Å². The number of aromatic nitrogens is 2. The maximum absolute atomic E-state index is 4.23. The minimum atomic E-state index is 0.463. The van der Waals surface area contributed by atoms with E-state index in [1.807, 2.05) is 29.3 Å². The van der Waals surface area contributed by atoms with Gasteiger partial charge in [0.05, 0.1) is 0 Å². The third kappa shape index (κ3) is 3.67. The fourth-order valence-corrected chi connectivity index (χ4v) is 3.36. The number of hydrogen-bond acceptors (Lipinski definition) is 3. The molecule has 4 heteroatoms. The van der Waals surface area contributed by atoms with Gasteiger partial charge in [-0.2, -0.15) is 5.10 Å². The van der Waals surface area contributed by atoms with E-state index >= 15 is 0 Å². The van der Waals surface area contributed by atoms with E-state index in [0.29, 0.717) is 6.04 Å². The molecular formula is C15H23N3S. The molecule has 0 aliphatic rings. The molecule has 2 heterocycles. The molecule has 2 aromatic heterocycles. The Labute approximate surface area is 119 Å². The van der Waals surface area contributed by atoms with Crippen LogP contribution >= 0.6 is 11.3 Å². The van der Waals surface area contributed by atoms with Crippen LogP contribution in [0.1, 0.15) is 41.8 Å². The van der Waals surface area contributed by atoms with Gasteiger partial charge in [-0.1, -0.05) is 13.8 Å². The Balaban J connectivity index is 2.01. The summed E-state index contributed by atoms with van der Waals surface area (Å²) in [6.45, 7) is 5.40. The molecule has 0 amide bonds. The largest absolute Gasteiger partial charge is 0.310 e. The van der Waals surface area contributed by atoms with Crippen LogP contribution in [0.15, 0.2) is 24.4 Å². The van der Waals surface area contributed by atoms with Gasteiger partial charge in [0.1, 0.15) is 0 Å². The first-order chi connectivity index (χ1) is 9.24. The second-order valence-corrected chi connectivity index (χ2v) is 5.95. The highest BCUT2D eigenvalue weighted by Crippen LogP contribution is 2.27. The Hall–Kier alpha value is -1.13. The molecule has 0 aromatic carbocycles. The van der Waals surface area contributed by atoms with Crippen LogP contribution in [0.2, 0.25) is 0 Å². The first-order valence-electron chi connectivity index (χ1n) is 7.03. The summed E-state index contributed by atoms with van der Waals surface area (Å²) in [5, 5.41) is 7.83. The van der Waals surface area contributed by atoms with Crippen molar-refractivity contribution in [1.29, 1.82) is 0 Å². The predicted octanol–water partition coefficient (Wildman–Crippen LogP) is 3.33. The Bertz CT molecular complexity index is 501. The topological polar surface area (TPSA) is 29.9 Å². The molecule has 0 spiro atoms. The minimum absolute atomic E-state index is 0.463. The van der Waals surface area contributed by atoms with Gasteiger partial charge in [-0.3, -0.25) is 4.68 Å². The minimum Gasteiger partial charge on any atom is -0.310 e.